The number of halogens is 1. The van der Waals surface area contributed by atoms with Crippen molar-refractivity contribution in [3.63, 3.8) is 0 Å². The summed E-state index contributed by atoms with van der Waals surface area (Å²) in [5, 5.41) is 0.482. The Hall–Kier alpha value is -3.48. The second-order valence-corrected chi connectivity index (χ2v) is 6.87. The van der Waals surface area contributed by atoms with Crippen molar-refractivity contribution in [2.24, 2.45) is 0 Å². The molecule has 3 aromatic rings. The van der Waals surface area contributed by atoms with Crippen molar-refractivity contribution in [1.82, 2.24) is 0 Å². The molecule has 29 heavy (non-hydrogen) atoms. The lowest BCUT2D eigenvalue weighted by molar-refractivity contribution is -0.117. The highest BCUT2D eigenvalue weighted by Gasteiger charge is 2.23. The predicted octanol–water partition coefficient (Wildman–Crippen LogP) is 4.05. The lowest BCUT2D eigenvalue weighted by Crippen LogP contribution is -2.23. The molecular weight excluding hydrogens is 377 g/mol. The van der Waals surface area contributed by atoms with Crippen molar-refractivity contribution in [2.45, 2.75) is 19.8 Å². The lowest BCUT2D eigenvalue weighted by atomic mass is 10.1. The Labute approximate surface area is 165 Å². The van der Waals surface area contributed by atoms with Crippen LogP contribution in [0.5, 0.6) is 0 Å². The molecule has 7 heteroatoms. The molecule has 2 aromatic carbocycles. The van der Waals surface area contributed by atoms with Gasteiger partial charge in [-0.25, -0.2) is 9.18 Å². The Balaban J connectivity index is 1.43. The van der Waals surface area contributed by atoms with Crippen LogP contribution in [0.3, 0.4) is 0 Å². The summed E-state index contributed by atoms with van der Waals surface area (Å²) in [4.78, 5) is 38.1. The molecule has 1 aliphatic rings. The maximum absolute atomic E-state index is 13.8. The summed E-state index contributed by atoms with van der Waals surface area (Å²) in [6.07, 6.45) is 1.35. The van der Waals surface area contributed by atoms with Gasteiger partial charge in [-0.1, -0.05) is 12.1 Å². The van der Waals surface area contributed by atoms with Crippen LogP contribution in [0.4, 0.5) is 10.1 Å². The van der Waals surface area contributed by atoms with Crippen LogP contribution in [0.2, 0.25) is 0 Å². The number of hydrogen-bond acceptors (Lipinski definition) is 5. The van der Waals surface area contributed by atoms with E-state index in [0.717, 1.165) is 12.1 Å². The van der Waals surface area contributed by atoms with Gasteiger partial charge in [-0.3, -0.25) is 9.59 Å². The summed E-state index contributed by atoms with van der Waals surface area (Å²) >= 11 is 0. The summed E-state index contributed by atoms with van der Waals surface area (Å²) in [6.45, 7) is 1.82. The number of amides is 1. The number of hydrogen-bond donors (Lipinski definition) is 0. The number of esters is 1. The van der Waals surface area contributed by atoms with Gasteiger partial charge in [0.1, 0.15) is 0 Å². The fourth-order valence-corrected chi connectivity index (χ4v) is 3.43. The van der Waals surface area contributed by atoms with E-state index in [1.165, 1.54) is 12.1 Å². The molecule has 1 fully saturated rings. The van der Waals surface area contributed by atoms with Crippen molar-refractivity contribution in [2.75, 3.05) is 18.1 Å². The number of benzene rings is 2. The normalized spacial score (nSPS) is 13.9. The molecule has 0 unspecified atom stereocenters. The molecule has 0 spiro atoms. The van der Waals surface area contributed by atoms with E-state index < -0.39 is 24.2 Å². The second-order valence-electron chi connectivity index (χ2n) is 6.87. The molecule has 2 heterocycles. The van der Waals surface area contributed by atoms with E-state index in [1.807, 2.05) is 0 Å². The first-order chi connectivity index (χ1) is 14.0. The molecule has 1 amide bonds. The first kappa shape index (κ1) is 18.9. The summed E-state index contributed by atoms with van der Waals surface area (Å²) in [5.41, 5.74) is 1.54. The van der Waals surface area contributed by atoms with E-state index in [0.29, 0.717) is 29.5 Å². The molecule has 0 radical (unpaired) electrons. The van der Waals surface area contributed by atoms with Crippen LogP contribution in [0.25, 0.3) is 11.0 Å². The molecule has 0 bridgehead atoms. The number of nitrogens with zero attached hydrogens (tertiary/aromatic N) is 1. The van der Waals surface area contributed by atoms with Crippen molar-refractivity contribution in [1.29, 1.82) is 0 Å². The van der Waals surface area contributed by atoms with Gasteiger partial charge in [-0.05, 0) is 43.7 Å². The molecule has 4 rings (SSSR count). The Bertz CT molecular complexity index is 1120. The van der Waals surface area contributed by atoms with Crippen LogP contribution < -0.4 is 4.90 Å². The maximum atomic E-state index is 13.8. The first-order valence-electron chi connectivity index (χ1n) is 9.24. The maximum Gasteiger partial charge on any atom is 0.375 e. The predicted molar refractivity (Wildman–Crippen MR) is 104 cm³/mol. The smallest absolute Gasteiger partial charge is 0.375 e. The van der Waals surface area contributed by atoms with E-state index in [4.69, 9.17) is 9.15 Å². The van der Waals surface area contributed by atoms with Crippen LogP contribution >= 0.6 is 0 Å². The van der Waals surface area contributed by atoms with E-state index >= 15 is 0 Å². The van der Waals surface area contributed by atoms with Crippen molar-refractivity contribution in [3.05, 3.63) is 65.2 Å². The van der Waals surface area contributed by atoms with Gasteiger partial charge in [0, 0.05) is 35.2 Å². The highest BCUT2D eigenvalue weighted by molar-refractivity contribution is 6.01. The number of rotatable bonds is 5. The zero-order valence-electron chi connectivity index (χ0n) is 15.7. The molecular formula is C22H18FNO5. The van der Waals surface area contributed by atoms with Crippen LogP contribution in [0.15, 0.2) is 46.9 Å². The van der Waals surface area contributed by atoms with Gasteiger partial charge in [-0.2, -0.15) is 0 Å². The lowest BCUT2D eigenvalue weighted by Gasteiger charge is -2.15. The number of Topliss-reactive ketones (excluding diaryl/α,β-unsaturated/α-hetero) is 1. The first-order valence-corrected chi connectivity index (χ1v) is 9.24. The summed E-state index contributed by atoms with van der Waals surface area (Å²) < 4.78 is 24.2. The zero-order chi connectivity index (χ0) is 20.5. The Morgan fingerprint density at radius 2 is 1.93 bits per heavy atom. The number of para-hydroxylation sites is 1. The largest absolute Gasteiger partial charge is 0.451 e. The number of furan rings is 1. The molecule has 0 N–H and O–H groups in total. The van der Waals surface area contributed by atoms with Crippen LogP contribution in [0, 0.1) is 12.7 Å². The SMILES string of the molecule is Cc1c(C(=O)OCC(=O)c2ccc(N3CCCC3=O)cc2)oc2c(F)cccc12. The number of aryl methyl sites for hydroxylation is 1. The summed E-state index contributed by atoms with van der Waals surface area (Å²) in [6, 6.07) is 11.0. The second kappa shape index (κ2) is 7.50. The van der Waals surface area contributed by atoms with Gasteiger partial charge in [-0.15, -0.1) is 0 Å². The average molecular weight is 395 g/mol. The molecule has 6 nitrogen and oxygen atoms in total. The van der Waals surface area contributed by atoms with E-state index in [1.54, 1.807) is 42.2 Å². The molecule has 1 saturated heterocycles. The number of ketones is 1. The van der Waals surface area contributed by atoms with Gasteiger partial charge in [0.15, 0.2) is 23.8 Å². The van der Waals surface area contributed by atoms with Crippen molar-refractivity contribution in [3.8, 4) is 0 Å². The summed E-state index contributed by atoms with van der Waals surface area (Å²) in [7, 11) is 0. The Kier molecular flexibility index (Phi) is 4.88. The fraction of sp³-hybridized carbons (Fsp3) is 0.227. The quantitative estimate of drug-likeness (QED) is 0.481. The fourth-order valence-electron chi connectivity index (χ4n) is 3.43. The Morgan fingerprint density at radius 1 is 1.17 bits per heavy atom. The number of carbonyl (C=O) groups is 3. The number of ether oxygens (including phenoxy) is 1. The molecule has 1 aromatic heterocycles. The Morgan fingerprint density at radius 3 is 2.59 bits per heavy atom. The number of fused-ring (bicyclic) bond motifs is 1. The topological polar surface area (TPSA) is 76.8 Å². The average Bonchev–Trinajstić information content (AvgIpc) is 3.30. The minimum absolute atomic E-state index is 0.0182. The van der Waals surface area contributed by atoms with Crippen molar-refractivity contribution >= 4 is 34.3 Å². The van der Waals surface area contributed by atoms with E-state index in [2.05, 4.69) is 0 Å². The molecule has 1 aliphatic heterocycles. The highest BCUT2D eigenvalue weighted by atomic mass is 19.1. The molecule has 148 valence electrons. The minimum Gasteiger partial charge on any atom is -0.451 e. The van der Waals surface area contributed by atoms with Crippen LogP contribution in [-0.2, 0) is 9.53 Å². The third-order valence-corrected chi connectivity index (χ3v) is 5.01. The van der Waals surface area contributed by atoms with Gasteiger partial charge >= 0.3 is 5.97 Å². The minimum atomic E-state index is -0.828. The number of carbonyl (C=O) groups excluding carboxylic acids is 3. The summed E-state index contributed by atoms with van der Waals surface area (Å²) in [5.74, 6) is -1.85. The van der Waals surface area contributed by atoms with E-state index in [-0.39, 0.29) is 17.3 Å². The van der Waals surface area contributed by atoms with E-state index in [9.17, 15) is 18.8 Å². The monoisotopic (exact) mass is 395 g/mol. The van der Waals surface area contributed by atoms with Crippen molar-refractivity contribution < 1.29 is 27.9 Å². The van der Waals surface area contributed by atoms with Crippen LogP contribution in [-0.4, -0.2) is 30.8 Å². The van der Waals surface area contributed by atoms with Gasteiger partial charge < -0.3 is 14.1 Å². The third kappa shape index (κ3) is 3.51. The zero-order valence-corrected chi connectivity index (χ0v) is 15.7. The third-order valence-electron chi connectivity index (χ3n) is 5.01. The van der Waals surface area contributed by atoms with Gasteiger partial charge in [0.2, 0.25) is 11.7 Å². The molecule has 0 atom stereocenters. The number of anilines is 1. The highest BCUT2D eigenvalue weighted by Crippen LogP contribution is 2.28. The van der Waals surface area contributed by atoms with Gasteiger partial charge in [0.25, 0.3) is 0 Å². The molecule has 0 saturated carbocycles. The van der Waals surface area contributed by atoms with Crippen LogP contribution in [0.1, 0.15) is 39.3 Å². The standard InChI is InChI=1S/C22H18FNO5/c1-13-16-4-2-5-17(23)21(16)29-20(13)22(27)28-12-18(25)14-7-9-15(10-8-14)24-11-3-6-19(24)26/h2,4-5,7-10H,3,6,11-12H2,1H3. The van der Waals surface area contributed by atoms with Gasteiger partial charge in [0.05, 0.1) is 0 Å². The molecule has 0 aliphatic carbocycles.